The van der Waals surface area contributed by atoms with Crippen LogP contribution in [0.15, 0.2) is 41.3 Å². The summed E-state index contributed by atoms with van der Waals surface area (Å²) in [6.45, 7) is 0. The Morgan fingerprint density at radius 2 is 1.72 bits per heavy atom. The second kappa shape index (κ2) is 7.70. The van der Waals surface area contributed by atoms with Crippen molar-refractivity contribution in [1.29, 1.82) is 5.41 Å². The van der Waals surface area contributed by atoms with Crippen LogP contribution in [0.3, 0.4) is 0 Å². The number of methoxy groups -OCH3 is 2. The minimum Gasteiger partial charge on any atom is -0.502 e. The van der Waals surface area contributed by atoms with E-state index >= 15 is 0 Å². The molecule has 1 amide bonds. The number of hydrogen-bond acceptors (Lipinski definition) is 6. The lowest BCUT2D eigenvalue weighted by Gasteiger charge is -2.19. The van der Waals surface area contributed by atoms with Crippen LogP contribution < -0.4 is 14.4 Å². The molecule has 2 aromatic carbocycles. The van der Waals surface area contributed by atoms with E-state index in [1.54, 1.807) is 0 Å². The van der Waals surface area contributed by atoms with E-state index in [0.29, 0.717) is 10.5 Å². The molecule has 10 heteroatoms. The highest BCUT2D eigenvalue weighted by molar-refractivity contribution is 8.19. The maximum absolute atomic E-state index is 13.3. The van der Waals surface area contributed by atoms with Gasteiger partial charge in [0, 0.05) is 0 Å². The van der Waals surface area contributed by atoms with Crippen LogP contribution in [-0.2, 0) is 11.0 Å². The number of rotatable bonds is 4. The molecule has 2 N–H and O–H groups in total. The number of nitrogens with zero attached hydrogens (tertiary/aromatic N) is 1. The van der Waals surface area contributed by atoms with Crippen molar-refractivity contribution in [2.75, 3.05) is 19.1 Å². The minimum atomic E-state index is -4.67. The molecule has 2 aromatic rings. The van der Waals surface area contributed by atoms with E-state index in [0.717, 1.165) is 23.9 Å². The van der Waals surface area contributed by atoms with Gasteiger partial charge < -0.3 is 14.6 Å². The Bertz CT molecular complexity index is 996. The summed E-state index contributed by atoms with van der Waals surface area (Å²) in [4.78, 5) is 13.6. The molecular formula is C19H15F3N2O4S. The number of halogens is 3. The monoisotopic (exact) mass is 424 g/mol. The van der Waals surface area contributed by atoms with Gasteiger partial charge in [0.05, 0.1) is 30.4 Å². The van der Waals surface area contributed by atoms with Gasteiger partial charge in [0.2, 0.25) is 5.75 Å². The standard InChI is InChI=1S/C19H15F3N2O4S/c1-27-13-7-10(8-14(28-2)16(13)25)9-15-17(26)24(18(23)29-15)12-6-4-3-5-11(12)19(20,21)22/h3-9,23,25H,1-2H3/b15-9-,23-18?. The number of amides is 1. The molecule has 29 heavy (non-hydrogen) atoms. The first-order valence-corrected chi connectivity index (χ1v) is 8.92. The van der Waals surface area contributed by atoms with Crippen LogP contribution in [0, 0.1) is 5.41 Å². The number of thioether (sulfide) groups is 1. The van der Waals surface area contributed by atoms with Crippen molar-refractivity contribution in [3.63, 3.8) is 0 Å². The summed E-state index contributed by atoms with van der Waals surface area (Å²) in [6, 6.07) is 7.47. The second-order valence-corrected chi connectivity index (χ2v) is 6.88. The molecule has 0 bridgehead atoms. The molecular weight excluding hydrogens is 409 g/mol. The molecule has 152 valence electrons. The van der Waals surface area contributed by atoms with E-state index < -0.39 is 23.3 Å². The van der Waals surface area contributed by atoms with Crippen molar-refractivity contribution in [2.24, 2.45) is 0 Å². The predicted octanol–water partition coefficient (Wildman–Crippen LogP) is 4.48. The zero-order valence-electron chi connectivity index (χ0n) is 15.2. The zero-order valence-corrected chi connectivity index (χ0v) is 16.0. The van der Waals surface area contributed by atoms with Crippen molar-refractivity contribution in [3.8, 4) is 17.2 Å². The maximum Gasteiger partial charge on any atom is 0.418 e. The first-order valence-electron chi connectivity index (χ1n) is 8.11. The van der Waals surface area contributed by atoms with Gasteiger partial charge >= 0.3 is 6.18 Å². The molecule has 1 aliphatic heterocycles. The van der Waals surface area contributed by atoms with Crippen LogP contribution in [0.2, 0.25) is 0 Å². The molecule has 1 saturated heterocycles. The Morgan fingerprint density at radius 1 is 1.14 bits per heavy atom. The maximum atomic E-state index is 13.3. The number of aromatic hydroxyl groups is 1. The number of amidine groups is 1. The molecule has 0 atom stereocenters. The highest BCUT2D eigenvalue weighted by atomic mass is 32.2. The Labute approximate surface area is 168 Å². The summed E-state index contributed by atoms with van der Waals surface area (Å²) < 4.78 is 50.1. The van der Waals surface area contributed by atoms with Crippen LogP contribution in [0.5, 0.6) is 17.2 Å². The molecule has 0 radical (unpaired) electrons. The van der Waals surface area contributed by atoms with Gasteiger partial charge in [-0.1, -0.05) is 12.1 Å². The van der Waals surface area contributed by atoms with Crippen molar-refractivity contribution >= 4 is 34.6 Å². The Hall–Kier alpha value is -3.14. The van der Waals surface area contributed by atoms with E-state index in [-0.39, 0.29) is 27.3 Å². The lowest BCUT2D eigenvalue weighted by Crippen LogP contribution is -2.30. The highest BCUT2D eigenvalue weighted by Gasteiger charge is 2.40. The number of phenols is 1. The van der Waals surface area contributed by atoms with Gasteiger partial charge in [-0.25, -0.2) is 0 Å². The number of benzene rings is 2. The fourth-order valence-electron chi connectivity index (χ4n) is 2.76. The average Bonchev–Trinajstić information content (AvgIpc) is 2.95. The minimum absolute atomic E-state index is 0.0433. The summed E-state index contributed by atoms with van der Waals surface area (Å²) in [5.41, 5.74) is -1.01. The van der Waals surface area contributed by atoms with E-state index in [9.17, 15) is 23.1 Å². The van der Waals surface area contributed by atoms with Crippen LogP contribution in [0.25, 0.3) is 6.08 Å². The van der Waals surface area contributed by atoms with Gasteiger partial charge in [-0.05, 0) is 47.7 Å². The number of para-hydroxylation sites is 1. The third kappa shape index (κ3) is 3.88. The summed E-state index contributed by atoms with van der Waals surface area (Å²) >= 11 is 0.731. The van der Waals surface area contributed by atoms with Crippen LogP contribution in [0.4, 0.5) is 18.9 Å². The third-order valence-electron chi connectivity index (χ3n) is 4.07. The number of alkyl halides is 3. The normalized spacial score (nSPS) is 15.9. The van der Waals surface area contributed by atoms with Gasteiger partial charge in [-0.15, -0.1) is 0 Å². The number of phenolic OH excluding ortho intramolecular Hbond substituents is 1. The molecule has 0 aliphatic carbocycles. The average molecular weight is 424 g/mol. The SMILES string of the molecule is COc1cc(/C=C2\SC(=N)N(c3ccccc3C(F)(F)F)C2=O)cc(OC)c1O. The summed E-state index contributed by atoms with van der Waals surface area (Å²) in [5.74, 6) is -0.791. The Balaban J connectivity index is 2.03. The predicted molar refractivity (Wildman–Crippen MR) is 103 cm³/mol. The van der Waals surface area contributed by atoms with E-state index in [2.05, 4.69) is 0 Å². The zero-order chi connectivity index (χ0) is 21.3. The Morgan fingerprint density at radius 3 is 2.28 bits per heavy atom. The van der Waals surface area contributed by atoms with Gasteiger partial charge in [0.25, 0.3) is 5.91 Å². The molecule has 1 aliphatic rings. The Kier molecular flexibility index (Phi) is 5.47. The topological polar surface area (TPSA) is 82.9 Å². The van der Waals surface area contributed by atoms with Crippen molar-refractivity contribution in [3.05, 3.63) is 52.4 Å². The quantitative estimate of drug-likeness (QED) is 0.707. The van der Waals surface area contributed by atoms with Gasteiger partial charge in [0.1, 0.15) is 0 Å². The van der Waals surface area contributed by atoms with Crippen LogP contribution >= 0.6 is 11.8 Å². The number of carbonyl (C=O) groups is 1. The molecule has 0 aromatic heterocycles. The van der Waals surface area contributed by atoms with Crippen LogP contribution in [-0.4, -0.2) is 30.4 Å². The number of ether oxygens (including phenoxy) is 2. The fourth-order valence-corrected chi connectivity index (χ4v) is 3.62. The number of hydrogen-bond donors (Lipinski definition) is 2. The molecule has 1 heterocycles. The molecule has 1 fully saturated rings. The molecule has 0 saturated carbocycles. The molecule has 3 rings (SSSR count). The first kappa shape index (κ1) is 20.6. The summed E-state index contributed by atoms with van der Waals surface area (Å²) in [5, 5.41) is 17.7. The van der Waals surface area contributed by atoms with Crippen molar-refractivity contribution < 1.29 is 32.5 Å². The molecule has 6 nitrogen and oxygen atoms in total. The number of anilines is 1. The third-order valence-corrected chi connectivity index (χ3v) is 4.96. The largest absolute Gasteiger partial charge is 0.502 e. The highest BCUT2D eigenvalue weighted by Crippen LogP contribution is 2.43. The first-order chi connectivity index (χ1) is 13.7. The van der Waals surface area contributed by atoms with Crippen molar-refractivity contribution in [1.82, 2.24) is 0 Å². The van der Waals surface area contributed by atoms with Crippen LogP contribution in [0.1, 0.15) is 11.1 Å². The van der Waals surface area contributed by atoms with Gasteiger partial charge in [-0.3, -0.25) is 15.1 Å². The number of carbonyl (C=O) groups excluding carboxylic acids is 1. The summed E-state index contributed by atoms with van der Waals surface area (Å²) in [6.07, 6.45) is -3.28. The van der Waals surface area contributed by atoms with E-state index in [1.807, 2.05) is 0 Å². The van der Waals surface area contributed by atoms with E-state index in [1.165, 1.54) is 44.6 Å². The van der Waals surface area contributed by atoms with Crippen molar-refractivity contribution in [2.45, 2.75) is 6.18 Å². The lowest BCUT2D eigenvalue weighted by atomic mass is 10.1. The van der Waals surface area contributed by atoms with Gasteiger partial charge in [0.15, 0.2) is 16.7 Å². The fraction of sp³-hybridized carbons (Fsp3) is 0.158. The van der Waals surface area contributed by atoms with Gasteiger partial charge in [-0.2, -0.15) is 13.2 Å². The molecule has 0 unspecified atom stereocenters. The summed E-state index contributed by atoms with van der Waals surface area (Å²) in [7, 11) is 2.68. The smallest absolute Gasteiger partial charge is 0.418 e. The molecule has 0 spiro atoms. The second-order valence-electron chi connectivity index (χ2n) is 5.85. The number of nitrogens with one attached hydrogen (secondary N) is 1. The van der Waals surface area contributed by atoms with E-state index in [4.69, 9.17) is 14.9 Å². The lowest BCUT2D eigenvalue weighted by molar-refractivity contribution is -0.137.